The molecule has 0 aliphatic heterocycles. The molecule has 1 atom stereocenters. The highest BCUT2D eigenvalue weighted by atomic mass is 16.2. The van der Waals surface area contributed by atoms with Crippen molar-refractivity contribution in [3.8, 4) is 0 Å². The molecule has 1 aromatic carbocycles. The number of hydrogen-bond acceptors (Lipinski definition) is 2. The molecule has 1 aliphatic carbocycles. The molecule has 1 saturated carbocycles. The topological polar surface area (TPSA) is 46.9 Å². The second kappa shape index (κ2) is 4.44. The van der Waals surface area contributed by atoms with Crippen molar-refractivity contribution in [3.05, 3.63) is 30.6 Å². The van der Waals surface area contributed by atoms with Gasteiger partial charge in [-0.3, -0.25) is 4.79 Å². The van der Waals surface area contributed by atoms with E-state index in [-0.39, 0.29) is 5.91 Å². The zero-order chi connectivity index (χ0) is 12.5. The van der Waals surface area contributed by atoms with Crippen LogP contribution in [0, 0.1) is 5.92 Å². The number of rotatable bonds is 4. The van der Waals surface area contributed by atoms with Crippen LogP contribution in [0.2, 0.25) is 0 Å². The number of aromatic nitrogens is 2. The smallest absolute Gasteiger partial charge is 0.240 e. The summed E-state index contributed by atoms with van der Waals surface area (Å²) in [6, 6.07) is 8.16. The minimum atomic E-state index is 0.0672. The van der Waals surface area contributed by atoms with Crippen LogP contribution in [0.15, 0.2) is 30.6 Å². The van der Waals surface area contributed by atoms with Gasteiger partial charge < -0.3 is 9.88 Å². The Balaban J connectivity index is 1.69. The van der Waals surface area contributed by atoms with E-state index >= 15 is 0 Å². The van der Waals surface area contributed by atoms with Crippen molar-refractivity contribution in [1.82, 2.24) is 14.9 Å². The summed E-state index contributed by atoms with van der Waals surface area (Å²) in [6.07, 6.45) is 4.22. The molecule has 4 nitrogen and oxygen atoms in total. The zero-order valence-corrected chi connectivity index (χ0v) is 10.5. The first-order valence-corrected chi connectivity index (χ1v) is 6.43. The van der Waals surface area contributed by atoms with Crippen LogP contribution >= 0.6 is 0 Å². The minimum absolute atomic E-state index is 0.0672. The Kier molecular flexibility index (Phi) is 2.78. The number of nitrogens with one attached hydrogen (secondary N) is 1. The van der Waals surface area contributed by atoms with Gasteiger partial charge in [0.1, 0.15) is 6.54 Å². The van der Waals surface area contributed by atoms with Gasteiger partial charge in [-0.2, -0.15) is 0 Å². The van der Waals surface area contributed by atoms with E-state index in [2.05, 4.69) is 17.2 Å². The quantitative estimate of drug-likeness (QED) is 0.892. The monoisotopic (exact) mass is 243 g/mol. The van der Waals surface area contributed by atoms with Crippen LogP contribution in [0.4, 0.5) is 0 Å². The molecule has 0 radical (unpaired) electrons. The van der Waals surface area contributed by atoms with E-state index in [9.17, 15) is 4.79 Å². The molecule has 0 spiro atoms. The normalized spacial score (nSPS) is 16.7. The highest BCUT2D eigenvalue weighted by Crippen LogP contribution is 2.32. The molecular weight excluding hydrogens is 226 g/mol. The van der Waals surface area contributed by atoms with Crippen LogP contribution in [0.1, 0.15) is 19.8 Å². The number of benzene rings is 1. The maximum absolute atomic E-state index is 11.9. The fraction of sp³-hybridized carbons (Fsp3) is 0.429. The largest absolute Gasteiger partial charge is 0.352 e. The van der Waals surface area contributed by atoms with Crippen molar-refractivity contribution in [2.45, 2.75) is 32.4 Å². The van der Waals surface area contributed by atoms with E-state index in [0.29, 0.717) is 18.5 Å². The third-order valence-electron chi connectivity index (χ3n) is 3.56. The van der Waals surface area contributed by atoms with E-state index in [1.165, 1.54) is 12.8 Å². The number of carbonyl (C=O) groups excluding carboxylic acids is 1. The van der Waals surface area contributed by atoms with Crippen molar-refractivity contribution in [3.63, 3.8) is 0 Å². The lowest BCUT2D eigenvalue weighted by Gasteiger charge is -2.13. The summed E-state index contributed by atoms with van der Waals surface area (Å²) in [5, 5.41) is 3.06. The molecule has 2 aromatic rings. The fourth-order valence-corrected chi connectivity index (χ4v) is 2.30. The number of imidazole rings is 1. The van der Waals surface area contributed by atoms with E-state index in [1.54, 1.807) is 6.33 Å². The Morgan fingerprint density at radius 2 is 2.28 bits per heavy atom. The third kappa shape index (κ3) is 2.23. The van der Waals surface area contributed by atoms with Crippen LogP contribution in [-0.4, -0.2) is 21.5 Å². The van der Waals surface area contributed by atoms with Gasteiger partial charge >= 0.3 is 0 Å². The van der Waals surface area contributed by atoms with Crippen LogP contribution in [0.25, 0.3) is 11.0 Å². The Morgan fingerprint density at radius 3 is 3.06 bits per heavy atom. The number of nitrogens with zero attached hydrogens (tertiary/aromatic N) is 2. The highest BCUT2D eigenvalue weighted by Gasteiger charge is 2.28. The van der Waals surface area contributed by atoms with E-state index in [0.717, 1.165) is 11.0 Å². The predicted octanol–water partition coefficient (Wildman–Crippen LogP) is 1.95. The average Bonchev–Trinajstić information content (AvgIpc) is 3.14. The van der Waals surface area contributed by atoms with Gasteiger partial charge in [-0.25, -0.2) is 4.98 Å². The summed E-state index contributed by atoms with van der Waals surface area (Å²) in [5.41, 5.74) is 1.94. The molecule has 1 aromatic heterocycles. The maximum Gasteiger partial charge on any atom is 0.240 e. The Bertz CT molecular complexity index is 571. The van der Waals surface area contributed by atoms with Crippen molar-refractivity contribution in [1.29, 1.82) is 0 Å². The predicted molar refractivity (Wildman–Crippen MR) is 70.1 cm³/mol. The van der Waals surface area contributed by atoms with Crippen molar-refractivity contribution in [2.75, 3.05) is 0 Å². The fourth-order valence-electron chi connectivity index (χ4n) is 2.30. The van der Waals surface area contributed by atoms with Gasteiger partial charge in [0, 0.05) is 6.04 Å². The Labute approximate surface area is 106 Å². The number of para-hydroxylation sites is 2. The standard InChI is InChI=1S/C14H17N3O/c1-10(11-6-7-11)16-14(18)8-17-9-15-12-4-2-3-5-13(12)17/h2-5,9-11H,6-8H2,1H3,(H,16,18). The molecule has 3 rings (SSSR count). The van der Waals surface area contributed by atoms with E-state index in [1.807, 2.05) is 28.8 Å². The first-order chi connectivity index (χ1) is 8.74. The van der Waals surface area contributed by atoms with Gasteiger partial charge in [-0.1, -0.05) is 12.1 Å². The first-order valence-electron chi connectivity index (χ1n) is 6.43. The molecule has 4 heteroatoms. The van der Waals surface area contributed by atoms with Crippen molar-refractivity contribution >= 4 is 16.9 Å². The Hall–Kier alpha value is -1.84. The molecule has 1 amide bonds. The number of fused-ring (bicyclic) bond motifs is 1. The molecule has 0 bridgehead atoms. The SMILES string of the molecule is CC(NC(=O)Cn1cnc2ccccc21)C1CC1. The number of carbonyl (C=O) groups is 1. The van der Waals surface area contributed by atoms with Gasteiger partial charge in [0.25, 0.3) is 0 Å². The van der Waals surface area contributed by atoms with Gasteiger partial charge in [0.15, 0.2) is 0 Å². The van der Waals surface area contributed by atoms with Crippen LogP contribution < -0.4 is 5.32 Å². The molecule has 1 unspecified atom stereocenters. The minimum Gasteiger partial charge on any atom is -0.352 e. The summed E-state index contributed by atoms with van der Waals surface area (Å²) in [7, 11) is 0. The zero-order valence-electron chi connectivity index (χ0n) is 10.5. The molecule has 1 heterocycles. The average molecular weight is 243 g/mol. The highest BCUT2D eigenvalue weighted by molar-refractivity contribution is 5.80. The third-order valence-corrected chi connectivity index (χ3v) is 3.56. The molecule has 1 aliphatic rings. The second-order valence-electron chi connectivity index (χ2n) is 5.05. The van der Waals surface area contributed by atoms with Crippen molar-refractivity contribution < 1.29 is 4.79 Å². The summed E-state index contributed by atoms with van der Waals surface area (Å²) in [5.74, 6) is 0.756. The van der Waals surface area contributed by atoms with Gasteiger partial charge in [0.2, 0.25) is 5.91 Å². The number of hydrogen-bond donors (Lipinski definition) is 1. The van der Waals surface area contributed by atoms with E-state index < -0.39 is 0 Å². The summed E-state index contributed by atoms with van der Waals surface area (Å²) < 4.78 is 1.89. The van der Waals surface area contributed by atoms with Gasteiger partial charge in [0.05, 0.1) is 17.4 Å². The van der Waals surface area contributed by atoms with Crippen LogP contribution in [0.5, 0.6) is 0 Å². The summed E-state index contributed by atoms with van der Waals surface area (Å²) in [6.45, 7) is 2.43. The molecular formula is C14H17N3O. The molecule has 18 heavy (non-hydrogen) atoms. The first kappa shape index (κ1) is 11.3. The second-order valence-corrected chi connectivity index (χ2v) is 5.05. The lowest BCUT2D eigenvalue weighted by atomic mass is 10.2. The van der Waals surface area contributed by atoms with Crippen molar-refractivity contribution in [2.24, 2.45) is 5.92 Å². The maximum atomic E-state index is 11.9. The lowest BCUT2D eigenvalue weighted by Crippen LogP contribution is -2.36. The summed E-state index contributed by atoms with van der Waals surface area (Å²) in [4.78, 5) is 16.2. The molecule has 0 saturated heterocycles. The van der Waals surface area contributed by atoms with Crippen LogP contribution in [-0.2, 0) is 11.3 Å². The van der Waals surface area contributed by atoms with Crippen LogP contribution in [0.3, 0.4) is 0 Å². The van der Waals surface area contributed by atoms with Gasteiger partial charge in [-0.05, 0) is 37.8 Å². The summed E-state index contributed by atoms with van der Waals surface area (Å²) >= 11 is 0. The molecule has 1 N–H and O–H groups in total. The lowest BCUT2D eigenvalue weighted by molar-refractivity contribution is -0.122. The molecule has 94 valence electrons. The van der Waals surface area contributed by atoms with E-state index in [4.69, 9.17) is 0 Å². The Morgan fingerprint density at radius 1 is 1.50 bits per heavy atom. The molecule has 1 fully saturated rings. The van der Waals surface area contributed by atoms with Gasteiger partial charge in [-0.15, -0.1) is 0 Å². The number of amides is 1.